The van der Waals surface area contributed by atoms with Crippen molar-refractivity contribution in [3.63, 3.8) is 0 Å². The molecule has 2 N–H and O–H groups in total. The van der Waals surface area contributed by atoms with Crippen molar-refractivity contribution in [2.24, 2.45) is 5.73 Å². The molecule has 0 heterocycles. The zero-order chi connectivity index (χ0) is 11.0. The maximum absolute atomic E-state index is 13.6. The van der Waals surface area contributed by atoms with Crippen molar-refractivity contribution in [3.05, 3.63) is 29.1 Å². The quantitative estimate of drug-likeness (QED) is 0.825. The zero-order valence-corrected chi connectivity index (χ0v) is 8.42. The largest absolute Gasteiger partial charge is 0.496 e. The van der Waals surface area contributed by atoms with Crippen LogP contribution in [0.4, 0.5) is 4.39 Å². The van der Waals surface area contributed by atoms with Crippen LogP contribution in [0.2, 0.25) is 0 Å². The Morgan fingerprint density at radius 2 is 2.20 bits per heavy atom. The van der Waals surface area contributed by atoms with Gasteiger partial charge >= 0.3 is 0 Å². The Morgan fingerprint density at radius 1 is 1.53 bits per heavy atom. The topological polar surface area (TPSA) is 52.3 Å². The second-order valence-electron chi connectivity index (χ2n) is 3.72. The maximum atomic E-state index is 13.6. The fourth-order valence-corrected chi connectivity index (χ4v) is 1.65. The Hall–Kier alpha value is -1.58. The average Bonchev–Trinajstić information content (AvgIpc) is 2.98. The molecule has 15 heavy (non-hydrogen) atoms. The van der Waals surface area contributed by atoms with Gasteiger partial charge in [-0.2, -0.15) is 0 Å². The molecular weight excluding hydrogens is 197 g/mol. The molecular formula is C11H12FNO2. The molecule has 1 aliphatic carbocycles. The van der Waals surface area contributed by atoms with Gasteiger partial charge in [0.25, 0.3) is 5.91 Å². The summed E-state index contributed by atoms with van der Waals surface area (Å²) in [5.41, 5.74) is 5.79. The summed E-state index contributed by atoms with van der Waals surface area (Å²) >= 11 is 0. The Balaban J connectivity index is 2.50. The Labute approximate surface area is 87.0 Å². The SMILES string of the molecule is COc1cc(C2CC2)cc(F)c1C(N)=O. The van der Waals surface area contributed by atoms with Crippen LogP contribution < -0.4 is 10.5 Å². The van der Waals surface area contributed by atoms with Crippen molar-refractivity contribution in [1.82, 2.24) is 0 Å². The van der Waals surface area contributed by atoms with Gasteiger partial charge in [-0.05, 0) is 36.5 Å². The van der Waals surface area contributed by atoms with Crippen molar-refractivity contribution >= 4 is 5.91 Å². The van der Waals surface area contributed by atoms with Crippen molar-refractivity contribution in [1.29, 1.82) is 0 Å². The van der Waals surface area contributed by atoms with Gasteiger partial charge in [-0.1, -0.05) is 0 Å². The van der Waals surface area contributed by atoms with Crippen molar-refractivity contribution in [2.45, 2.75) is 18.8 Å². The van der Waals surface area contributed by atoms with Gasteiger partial charge in [-0.15, -0.1) is 0 Å². The van der Waals surface area contributed by atoms with E-state index in [9.17, 15) is 9.18 Å². The van der Waals surface area contributed by atoms with E-state index in [1.807, 2.05) is 0 Å². The third-order valence-electron chi connectivity index (χ3n) is 2.59. The first-order chi connectivity index (χ1) is 7.13. The van der Waals surface area contributed by atoms with E-state index >= 15 is 0 Å². The van der Waals surface area contributed by atoms with E-state index in [2.05, 4.69) is 0 Å². The van der Waals surface area contributed by atoms with Crippen LogP contribution in [0.3, 0.4) is 0 Å². The van der Waals surface area contributed by atoms with Crippen molar-refractivity contribution in [3.8, 4) is 5.75 Å². The fourth-order valence-electron chi connectivity index (χ4n) is 1.65. The fraction of sp³-hybridized carbons (Fsp3) is 0.364. The minimum Gasteiger partial charge on any atom is -0.496 e. The summed E-state index contributed by atoms with van der Waals surface area (Å²) in [7, 11) is 1.40. The Morgan fingerprint density at radius 3 is 2.67 bits per heavy atom. The van der Waals surface area contributed by atoms with Crippen LogP contribution in [0.25, 0.3) is 0 Å². The molecule has 3 nitrogen and oxygen atoms in total. The van der Waals surface area contributed by atoms with Crippen LogP contribution in [0, 0.1) is 5.82 Å². The number of methoxy groups -OCH3 is 1. The van der Waals surface area contributed by atoms with Gasteiger partial charge in [-0.3, -0.25) is 4.79 Å². The Kier molecular flexibility index (Phi) is 2.34. The molecule has 1 aliphatic rings. The van der Waals surface area contributed by atoms with Gasteiger partial charge in [0.15, 0.2) is 0 Å². The van der Waals surface area contributed by atoms with E-state index in [-0.39, 0.29) is 11.3 Å². The molecule has 4 heteroatoms. The molecule has 0 aromatic heterocycles. The number of hydrogen-bond acceptors (Lipinski definition) is 2. The van der Waals surface area contributed by atoms with Crippen molar-refractivity contribution in [2.75, 3.05) is 7.11 Å². The summed E-state index contributed by atoms with van der Waals surface area (Å²) in [5, 5.41) is 0. The number of primary amides is 1. The lowest BCUT2D eigenvalue weighted by Crippen LogP contribution is -2.15. The third kappa shape index (κ3) is 1.79. The lowest BCUT2D eigenvalue weighted by molar-refractivity contribution is 0.0993. The number of benzene rings is 1. The summed E-state index contributed by atoms with van der Waals surface area (Å²) in [4.78, 5) is 11.0. The molecule has 1 aromatic rings. The lowest BCUT2D eigenvalue weighted by Gasteiger charge is -2.09. The van der Waals surface area contributed by atoms with Crippen LogP contribution in [0.1, 0.15) is 34.7 Å². The summed E-state index contributed by atoms with van der Waals surface area (Å²) in [5.74, 6) is -0.754. The molecule has 0 aliphatic heterocycles. The molecule has 1 saturated carbocycles. The minimum absolute atomic E-state index is 0.165. The molecule has 1 fully saturated rings. The second kappa shape index (κ2) is 3.53. The van der Waals surface area contributed by atoms with E-state index in [0.717, 1.165) is 18.4 Å². The number of rotatable bonds is 3. The van der Waals surface area contributed by atoms with Crippen LogP contribution in [-0.4, -0.2) is 13.0 Å². The van der Waals surface area contributed by atoms with Crippen molar-refractivity contribution < 1.29 is 13.9 Å². The van der Waals surface area contributed by atoms with Crippen LogP contribution in [-0.2, 0) is 0 Å². The highest BCUT2D eigenvalue weighted by Gasteiger charge is 2.27. The summed E-state index contributed by atoms with van der Waals surface area (Å²) in [6.45, 7) is 0. The van der Waals surface area contributed by atoms with Gasteiger partial charge in [0.2, 0.25) is 0 Å². The number of ether oxygens (including phenoxy) is 1. The molecule has 0 radical (unpaired) electrons. The molecule has 0 saturated heterocycles. The summed E-state index contributed by atoms with van der Waals surface area (Å²) in [6.07, 6.45) is 2.14. The highest BCUT2D eigenvalue weighted by molar-refractivity contribution is 5.96. The zero-order valence-electron chi connectivity index (χ0n) is 8.42. The van der Waals surface area contributed by atoms with Gasteiger partial charge < -0.3 is 10.5 Å². The highest BCUT2D eigenvalue weighted by atomic mass is 19.1. The maximum Gasteiger partial charge on any atom is 0.255 e. The first-order valence-corrected chi connectivity index (χ1v) is 4.80. The molecule has 0 spiro atoms. The Bertz CT molecular complexity index is 413. The normalized spacial score (nSPS) is 15.1. The van der Waals surface area contributed by atoms with Gasteiger partial charge in [0.05, 0.1) is 7.11 Å². The number of hydrogen-bond donors (Lipinski definition) is 1. The molecule has 1 amide bonds. The first-order valence-electron chi connectivity index (χ1n) is 4.80. The number of carbonyl (C=O) groups is 1. The van der Waals surface area contributed by atoms with Crippen LogP contribution in [0.15, 0.2) is 12.1 Å². The van der Waals surface area contributed by atoms with Gasteiger partial charge in [0, 0.05) is 0 Å². The minimum atomic E-state index is -0.799. The predicted molar refractivity (Wildman–Crippen MR) is 53.4 cm³/mol. The van der Waals surface area contributed by atoms with E-state index in [4.69, 9.17) is 10.5 Å². The van der Waals surface area contributed by atoms with E-state index in [1.165, 1.54) is 13.2 Å². The van der Waals surface area contributed by atoms with Gasteiger partial charge in [0.1, 0.15) is 17.1 Å². The molecule has 1 aromatic carbocycles. The second-order valence-corrected chi connectivity index (χ2v) is 3.72. The standard InChI is InChI=1S/C11H12FNO2/c1-15-9-5-7(6-2-3-6)4-8(12)10(9)11(13)14/h4-6H,2-3H2,1H3,(H2,13,14). The van der Waals surface area contributed by atoms with E-state index in [0.29, 0.717) is 5.92 Å². The third-order valence-corrected chi connectivity index (χ3v) is 2.59. The van der Waals surface area contributed by atoms with E-state index < -0.39 is 11.7 Å². The molecule has 2 rings (SSSR count). The first kappa shape index (κ1) is 9.96. The summed E-state index contributed by atoms with van der Waals surface area (Å²) in [6, 6.07) is 3.07. The molecule has 80 valence electrons. The van der Waals surface area contributed by atoms with Crippen LogP contribution >= 0.6 is 0 Å². The molecule has 0 bridgehead atoms. The monoisotopic (exact) mass is 209 g/mol. The number of amides is 1. The van der Waals surface area contributed by atoms with Crippen LogP contribution in [0.5, 0.6) is 5.75 Å². The van der Waals surface area contributed by atoms with Gasteiger partial charge in [-0.25, -0.2) is 4.39 Å². The number of halogens is 1. The smallest absolute Gasteiger partial charge is 0.255 e. The average molecular weight is 209 g/mol. The highest BCUT2D eigenvalue weighted by Crippen LogP contribution is 2.42. The number of carbonyl (C=O) groups excluding carboxylic acids is 1. The lowest BCUT2D eigenvalue weighted by atomic mass is 10.1. The summed E-state index contributed by atoms with van der Waals surface area (Å²) < 4.78 is 18.5. The molecule has 0 unspecified atom stereocenters. The molecule has 0 atom stereocenters. The number of nitrogens with two attached hydrogens (primary N) is 1. The predicted octanol–water partition coefficient (Wildman–Crippen LogP) is 1.81. The van der Waals surface area contributed by atoms with E-state index in [1.54, 1.807) is 6.07 Å².